The van der Waals surface area contributed by atoms with Gasteiger partial charge in [-0.05, 0) is 33.1 Å². The van der Waals surface area contributed by atoms with Crippen LogP contribution in [0.5, 0.6) is 0 Å². The zero-order valence-corrected chi connectivity index (χ0v) is 11.5. The highest BCUT2D eigenvalue weighted by atomic mass is 16.4. The van der Waals surface area contributed by atoms with Crippen LogP contribution in [0.4, 0.5) is 0 Å². The third-order valence-electron chi connectivity index (χ3n) is 3.81. The standard InChI is InChI=1S/C13H24N2O3/c1-4-13(11(17)18)5-7-15(8-6-13)10(16)9-12(2,3)14/h4-9,14H2,1-3H3,(H,17,18). The highest BCUT2D eigenvalue weighted by molar-refractivity contribution is 5.79. The van der Waals surface area contributed by atoms with Crippen molar-refractivity contribution in [3.05, 3.63) is 0 Å². The van der Waals surface area contributed by atoms with Gasteiger partial charge >= 0.3 is 5.97 Å². The summed E-state index contributed by atoms with van der Waals surface area (Å²) in [5.41, 5.74) is 4.67. The summed E-state index contributed by atoms with van der Waals surface area (Å²) in [4.78, 5) is 25.0. The molecule has 104 valence electrons. The second-order valence-electron chi connectivity index (χ2n) is 5.99. The van der Waals surface area contributed by atoms with Crippen LogP contribution in [0.2, 0.25) is 0 Å². The topological polar surface area (TPSA) is 83.6 Å². The molecular weight excluding hydrogens is 232 g/mol. The summed E-state index contributed by atoms with van der Waals surface area (Å²) in [5.74, 6) is -0.714. The summed E-state index contributed by atoms with van der Waals surface area (Å²) < 4.78 is 0. The van der Waals surface area contributed by atoms with E-state index in [-0.39, 0.29) is 5.91 Å². The van der Waals surface area contributed by atoms with Crippen LogP contribution in [0, 0.1) is 5.41 Å². The minimum Gasteiger partial charge on any atom is -0.481 e. The van der Waals surface area contributed by atoms with E-state index in [1.54, 1.807) is 4.90 Å². The van der Waals surface area contributed by atoms with E-state index in [0.29, 0.717) is 38.8 Å². The number of piperidine rings is 1. The molecule has 5 nitrogen and oxygen atoms in total. The molecule has 0 unspecified atom stereocenters. The number of hydrogen-bond acceptors (Lipinski definition) is 3. The smallest absolute Gasteiger partial charge is 0.309 e. The van der Waals surface area contributed by atoms with Crippen LogP contribution < -0.4 is 5.73 Å². The number of carboxylic acids is 1. The van der Waals surface area contributed by atoms with Crippen molar-refractivity contribution in [3.63, 3.8) is 0 Å². The van der Waals surface area contributed by atoms with E-state index in [2.05, 4.69) is 0 Å². The molecule has 1 aliphatic rings. The maximum atomic E-state index is 12.0. The maximum Gasteiger partial charge on any atom is 0.309 e. The van der Waals surface area contributed by atoms with Crippen molar-refractivity contribution in [1.29, 1.82) is 0 Å². The molecule has 0 aromatic rings. The van der Waals surface area contributed by atoms with Crippen molar-refractivity contribution in [3.8, 4) is 0 Å². The van der Waals surface area contributed by atoms with Gasteiger partial charge < -0.3 is 15.7 Å². The van der Waals surface area contributed by atoms with Crippen molar-refractivity contribution in [2.24, 2.45) is 11.1 Å². The first-order chi connectivity index (χ1) is 8.20. The number of nitrogens with two attached hydrogens (primary N) is 1. The van der Waals surface area contributed by atoms with E-state index < -0.39 is 16.9 Å². The molecule has 0 radical (unpaired) electrons. The van der Waals surface area contributed by atoms with Gasteiger partial charge in [0.05, 0.1) is 5.41 Å². The first kappa shape index (κ1) is 15.0. The number of carboxylic acid groups (broad SMARTS) is 1. The molecule has 5 heteroatoms. The molecule has 1 aliphatic heterocycles. The van der Waals surface area contributed by atoms with E-state index in [0.717, 1.165) is 0 Å². The van der Waals surface area contributed by atoms with Crippen molar-refractivity contribution in [2.75, 3.05) is 13.1 Å². The van der Waals surface area contributed by atoms with Crippen LogP contribution in [0.25, 0.3) is 0 Å². The quantitative estimate of drug-likeness (QED) is 0.792. The predicted octanol–water partition coefficient (Wildman–Crippen LogP) is 1.22. The third kappa shape index (κ3) is 3.45. The minimum atomic E-state index is -0.740. The molecular formula is C13H24N2O3. The highest BCUT2D eigenvalue weighted by Crippen LogP contribution is 2.35. The second kappa shape index (κ2) is 5.26. The van der Waals surface area contributed by atoms with E-state index in [1.807, 2.05) is 20.8 Å². The van der Waals surface area contributed by atoms with E-state index in [1.165, 1.54) is 0 Å². The van der Waals surface area contributed by atoms with Crippen LogP contribution >= 0.6 is 0 Å². The van der Waals surface area contributed by atoms with Crippen LogP contribution in [0.1, 0.15) is 46.5 Å². The van der Waals surface area contributed by atoms with E-state index >= 15 is 0 Å². The second-order valence-corrected chi connectivity index (χ2v) is 5.99. The van der Waals surface area contributed by atoms with Gasteiger partial charge in [0.2, 0.25) is 5.91 Å². The lowest BCUT2D eigenvalue weighted by molar-refractivity contribution is -0.154. The fourth-order valence-electron chi connectivity index (χ4n) is 2.40. The fourth-order valence-corrected chi connectivity index (χ4v) is 2.40. The molecule has 1 saturated heterocycles. The van der Waals surface area contributed by atoms with Gasteiger partial charge in [0.15, 0.2) is 0 Å². The molecule has 18 heavy (non-hydrogen) atoms. The Morgan fingerprint density at radius 2 is 1.83 bits per heavy atom. The molecule has 0 bridgehead atoms. The van der Waals surface area contributed by atoms with Gasteiger partial charge in [0.1, 0.15) is 0 Å². The molecule has 1 amide bonds. The minimum absolute atomic E-state index is 0.0255. The highest BCUT2D eigenvalue weighted by Gasteiger charge is 2.41. The van der Waals surface area contributed by atoms with Gasteiger partial charge in [-0.2, -0.15) is 0 Å². The Hall–Kier alpha value is -1.10. The van der Waals surface area contributed by atoms with Crippen molar-refractivity contribution < 1.29 is 14.7 Å². The Balaban J connectivity index is 2.58. The zero-order chi connectivity index (χ0) is 14.0. The summed E-state index contributed by atoms with van der Waals surface area (Å²) >= 11 is 0. The molecule has 1 fully saturated rings. The molecule has 3 N–H and O–H groups in total. The molecule has 0 atom stereocenters. The van der Waals surface area contributed by atoms with Crippen molar-refractivity contribution in [1.82, 2.24) is 4.90 Å². The lowest BCUT2D eigenvalue weighted by Crippen LogP contribution is -2.48. The number of carbonyl (C=O) groups is 2. The monoisotopic (exact) mass is 256 g/mol. The average molecular weight is 256 g/mol. The number of aliphatic carboxylic acids is 1. The predicted molar refractivity (Wildman–Crippen MR) is 69.1 cm³/mol. The number of nitrogens with zero attached hydrogens (tertiary/aromatic N) is 1. The van der Waals surface area contributed by atoms with E-state index in [9.17, 15) is 14.7 Å². The SMILES string of the molecule is CCC1(C(=O)O)CCN(C(=O)CC(C)(C)N)CC1. The fraction of sp³-hybridized carbons (Fsp3) is 0.846. The Kier molecular flexibility index (Phi) is 4.37. The van der Waals surface area contributed by atoms with Gasteiger partial charge in [-0.25, -0.2) is 0 Å². The van der Waals surface area contributed by atoms with Gasteiger partial charge in [0.25, 0.3) is 0 Å². The maximum absolute atomic E-state index is 12.0. The number of carbonyl (C=O) groups excluding carboxylic acids is 1. The van der Waals surface area contributed by atoms with Crippen molar-refractivity contribution in [2.45, 2.75) is 52.0 Å². The lowest BCUT2D eigenvalue weighted by atomic mass is 9.76. The van der Waals surface area contributed by atoms with Crippen LogP contribution in [0.15, 0.2) is 0 Å². The normalized spacial score (nSPS) is 19.7. The number of hydrogen-bond donors (Lipinski definition) is 2. The van der Waals surface area contributed by atoms with Gasteiger partial charge in [-0.15, -0.1) is 0 Å². The summed E-state index contributed by atoms with van der Waals surface area (Å²) in [6.07, 6.45) is 2.00. The Morgan fingerprint density at radius 3 is 2.17 bits per heavy atom. The van der Waals surface area contributed by atoms with Crippen LogP contribution in [-0.2, 0) is 9.59 Å². The summed E-state index contributed by atoms with van der Waals surface area (Å²) in [6.45, 7) is 6.59. The average Bonchev–Trinajstić information content (AvgIpc) is 2.26. The molecule has 1 rings (SSSR count). The summed E-state index contributed by atoms with van der Waals surface area (Å²) in [7, 11) is 0. The largest absolute Gasteiger partial charge is 0.481 e. The molecule has 0 saturated carbocycles. The third-order valence-corrected chi connectivity index (χ3v) is 3.81. The number of likely N-dealkylation sites (tertiary alicyclic amines) is 1. The Bertz CT molecular complexity index is 326. The number of rotatable bonds is 4. The Labute approximate surface area is 108 Å². The summed E-state index contributed by atoms with van der Waals surface area (Å²) in [5, 5.41) is 9.28. The van der Waals surface area contributed by atoms with Gasteiger partial charge in [-0.1, -0.05) is 6.92 Å². The molecule has 0 aromatic heterocycles. The van der Waals surface area contributed by atoms with E-state index in [4.69, 9.17) is 5.73 Å². The summed E-state index contributed by atoms with van der Waals surface area (Å²) in [6, 6.07) is 0. The van der Waals surface area contributed by atoms with Crippen LogP contribution in [-0.4, -0.2) is 40.5 Å². The molecule has 0 aliphatic carbocycles. The van der Waals surface area contributed by atoms with Crippen molar-refractivity contribution >= 4 is 11.9 Å². The van der Waals surface area contributed by atoms with Crippen LogP contribution in [0.3, 0.4) is 0 Å². The molecule has 0 aromatic carbocycles. The zero-order valence-electron chi connectivity index (χ0n) is 11.5. The van der Waals surface area contributed by atoms with Gasteiger partial charge in [-0.3, -0.25) is 9.59 Å². The first-order valence-corrected chi connectivity index (χ1v) is 6.50. The lowest BCUT2D eigenvalue weighted by Gasteiger charge is -2.39. The van der Waals surface area contributed by atoms with Gasteiger partial charge in [0, 0.05) is 25.0 Å². The molecule has 0 spiro atoms. The number of amides is 1. The first-order valence-electron chi connectivity index (χ1n) is 6.50. The molecule has 1 heterocycles. The Morgan fingerprint density at radius 1 is 1.33 bits per heavy atom.